The second-order valence-electron chi connectivity index (χ2n) is 12.6. The maximum atomic E-state index is 11.2. The first kappa shape index (κ1) is 37.5. The highest BCUT2D eigenvalue weighted by Crippen LogP contribution is 2.38. The fourth-order valence-electron chi connectivity index (χ4n) is 6.23. The maximum absolute atomic E-state index is 11.2. The summed E-state index contributed by atoms with van der Waals surface area (Å²) < 4.78 is 11.5. The van der Waals surface area contributed by atoms with Crippen molar-refractivity contribution >= 4 is 23.3 Å². The Morgan fingerprint density at radius 2 is 1.88 bits per heavy atom. The van der Waals surface area contributed by atoms with Gasteiger partial charge in [0.2, 0.25) is 0 Å². The number of hydrogen-bond acceptors (Lipinski definition) is 8. The molecule has 1 aromatic carbocycles. The van der Waals surface area contributed by atoms with Gasteiger partial charge in [-0.1, -0.05) is 32.4 Å². The fourth-order valence-corrected chi connectivity index (χ4v) is 6.23. The Balaban J connectivity index is 0.000000302. The van der Waals surface area contributed by atoms with Crippen LogP contribution in [0.3, 0.4) is 0 Å². The van der Waals surface area contributed by atoms with E-state index in [1.807, 2.05) is 0 Å². The van der Waals surface area contributed by atoms with Gasteiger partial charge in [-0.25, -0.2) is 4.79 Å². The van der Waals surface area contributed by atoms with E-state index in [1.165, 1.54) is 75.5 Å². The molecular formula is C34H59N3O5S. The molecule has 43 heavy (non-hydrogen) atoms. The normalized spacial score (nSPS) is 21.9. The summed E-state index contributed by atoms with van der Waals surface area (Å²) in [5.41, 5.74) is 2.75. The molecule has 8 nitrogen and oxygen atoms in total. The van der Waals surface area contributed by atoms with Gasteiger partial charge in [0, 0.05) is 25.6 Å². The topological polar surface area (TPSA) is 82.5 Å². The molecule has 246 valence electrons. The zero-order chi connectivity index (χ0) is 31.6. The van der Waals surface area contributed by atoms with Crippen molar-refractivity contribution in [2.45, 2.75) is 89.7 Å². The van der Waals surface area contributed by atoms with Gasteiger partial charge in [0.1, 0.15) is 12.0 Å². The highest BCUT2D eigenvalue weighted by atomic mass is 32.2. The van der Waals surface area contributed by atoms with Crippen LogP contribution in [0.2, 0.25) is 0 Å². The van der Waals surface area contributed by atoms with Gasteiger partial charge in [-0.2, -0.15) is 0 Å². The molecule has 0 bridgehead atoms. The second kappa shape index (κ2) is 21.2. The Morgan fingerprint density at radius 3 is 2.51 bits per heavy atom. The first-order chi connectivity index (χ1) is 20.7. The molecule has 0 aromatic heterocycles. The molecule has 1 aromatic rings. The lowest BCUT2D eigenvalue weighted by atomic mass is 9.89. The van der Waals surface area contributed by atoms with Gasteiger partial charge in [-0.3, -0.25) is 4.90 Å². The Morgan fingerprint density at radius 1 is 1.16 bits per heavy atom. The van der Waals surface area contributed by atoms with Gasteiger partial charge in [-0.15, -0.1) is 0 Å². The molecular weight excluding hydrogens is 562 g/mol. The van der Waals surface area contributed by atoms with Crippen molar-refractivity contribution in [3.8, 4) is 5.75 Å². The number of carbonyl (C=O) groups is 2. The van der Waals surface area contributed by atoms with Gasteiger partial charge in [0.25, 0.3) is 0 Å². The minimum Gasteiger partial charge on any atom is -0.493 e. The average Bonchev–Trinajstić information content (AvgIpc) is 3.76. The third-order valence-electron chi connectivity index (χ3n) is 8.73. The van der Waals surface area contributed by atoms with Crippen LogP contribution in [0.4, 0.5) is 4.79 Å². The number of fused-ring (bicyclic) bond motifs is 1. The number of carboxylic acid groups (broad SMARTS) is 1. The number of aldehydes is 1. The third kappa shape index (κ3) is 14.3. The Bertz CT molecular complexity index is 927. The summed E-state index contributed by atoms with van der Waals surface area (Å²) in [5.74, 6) is 2.14. The molecule has 1 N–H and O–H groups in total. The first-order valence-electron chi connectivity index (χ1n) is 16.3. The van der Waals surface area contributed by atoms with Crippen LogP contribution < -0.4 is 4.74 Å². The molecule has 0 amide bonds. The van der Waals surface area contributed by atoms with E-state index in [4.69, 9.17) is 14.6 Å². The quantitative estimate of drug-likeness (QED) is 0.191. The summed E-state index contributed by atoms with van der Waals surface area (Å²) >= 11 is 0.796. The van der Waals surface area contributed by atoms with Gasteiger partial charge in [-0.05, 0) is 133 Å². The standard InChI is InChI=1S/C21H29NO3.C11H26N2.C2H4O2S/c1-15(20-3-2-9-24-20)11-19-13-18(14-22(19)7-8-23)16-4-5-21-17(12-16)6-10-25-21;1-5-6-10-13(4)11-8-7-9-12(2)3;1-5-2(3)4/h4-5,8,12,15,18-20H,2-3,6-7,9-11,13-14H2,1H3;5-11H2,1-4H3;1H3,(H,3,4). The lowest BCUT2D eigenvalue weighted by molar-refractivity contribution is -0.109. The van der Waals surface area contributed by atoms with Crippen molar-refractivity contribution in [3.05, 3.63) is 29.3 Å². The minimum atomic E-state index is -0.829. The molecule has 0 saturated carbocycles. The highest BCUT2D eigenvalue weighted by molar-refractivity contribution is 8.12. The molecule has 3 heterocycles. The van der Waals surface area contributed by atoms with E-state index >= 15 is 0 Å². The number of likely N-dealkylation sites (tertiary alicyclic amines) is 1. The van der Waals surface area contributed by atoms with Crippen molar-refractivity contribution in [3.63, 3.8) is 0 Å². The van der Waals surface area contributed by atoms with E-state index in [9.17, 15) is 9.59 Å². The molecule has 3 aliphatic heterocycles. The van der Waals surface area contributed by atoms with E-state index in [0.717, 1.165) is 62.8 Å². The zero-order valence-corrected chi connectivity index (χ0v) is 28.6. The number of benzene rings is 1. The Labute approximate surface area is 265 Å². The van der Waals surface area contributed by atoms with Crippen LogP contribution in [0.5, 0.6) is 5.75 Å². The van der Waals surface area contributed by atoms with E-state index in [1.54, 1.807) is 0 Å². The summed E-state index contributed by atoms with van der Waals surface area (Å²) in [7, 11) is 6.51. The smallest absolute Gasteiger partial charge is 0.364 e. The highest BCUT2D eigenvalue weighted by Gasteiger charge is 2.35. The van der Waals surface area contributed by atoms with Crippen molar-refractivity contribution in [1.82, 2.24) is 14.7 Å². The summed E-state index contributed by atoms with van der Waals surface area (Å²) in [6, 6.07) is 7.17. The van der Waals surface area contributed by atoms with Crippen LogP contribution in [0.1, 0.15) is 82.3 Å². The second-order valence-corrected chi connectivity index (χ2v) is 13.3. The Hall–Kier alpha value is -1.65. The van der Waals surface area contributed by atoms with Crippen LogP contribution >= 0.6 is 11.8 Å². The van der Waals surface area contributed by atoms with Crippen LogP contribution in [0, 0.1) is 5.92 Å². The predicted molar refractivity (Wildman–Crippen MR) is 179 cm³/mol. The van der Waals surface area contributed by atoms with Gasteiger partial charge >= 0.3 is 5.30 Å². The van der Waals surface area contributed by atoms with Gasteiger partial charge < -0.3 is 29.2 Å². The summed E-state index contributed by atoms with van der Waals surface area (Å²) in [5, 5.41) is 6.86. The van der Waals surface area contributed by atoms with Crippen LogP contribution in [0.15, 0.2) is 18.2 Å². The molecule has 0 radical (unpaired) electrons. The number of hydrogen-bond donors (Lipinski definition) is 1. The molecule has 2 fully saturated rings. The van der Waals surface area contributed by atoms with E-state index in [0.29, 0.717) is 30.5 Å². The lowest BCUT2D eigenvalue weighted by Crippen LogP contribution is -2.34. The van der Waals surface area contributed by atoms with Crippen molar-refractivity contribution in [1.29, 1.82) is 0 Å². The van der Waals surface area contributed by atoms with Crippen LogP contribution in [0.25, 0.3) is 0 Å². The van der Waals surface area contributed by atoms with Crippen LogP contribution in [-0.4, -0.2) is 117 Å². The summed E-state index contributed by atoms with van der Waals surface area (Å²) in [6.45, 7) is 11.6. The van der Waals surface area contributed by atoms with Gasteiger partial charge in [0.15, 0.2) is 0 Å². The molecule has 0 spiro atoms. The Kier molecular flexibility index (Phi) is 18.5. The molecule has 4 rings (SSSR count). The molecule has 3 aliphatic rings. The van der Waals surface area contributed by atoms with E-state index < -0.39 is 5.30 Å². The first-order valence-corrected chi connectivity index (χ1v) is 17.6. The number of carbonyl (C=O) groups excluding carboxylic acids is 1. The number of thioether (sulfide) groups is 1. The third-order valence-corrected chi connectivity index (χ3v) is 9.08. The van der Waals surface area contributed by atoms with Crippen molar-refractivity contribution < 1.29 is 24.2 Å². The number of ether oxygens (including phenoxy) is 2. The predicted octanol–water partition coefficient (Wildman–Crippen LogP) is 6.27. The number of rotatable bonds is 14. The SMILES string of the molecule is CC(CC1CC(c2ccc3c(c2)CCO3)CN1CC=O)C1CCCO1.CCCCN(C)CCCCN(C)C.CSC(=O)O. The molecule has 4 unspecified atom stereocenters. The summed E-state index contributed by atoms with van der Waals surface area (Å²) in [6.07, 6.45) is 14.0. The zero-order valence-electron chi connectivity index (χ0n) is 27.8. The maximum Gasteiger partial charge on any atom is 0.364 e. The monoisotopic (exact) mass is 621 g/mol. The fraction of sp³-hybridized carbons (Fsp3) is 0.765. The molecule has 2 saturated heterocycles. The molecule has 0 aliphatic carbocycles. The largest absolute Gasteiger partial charge is 0.493 e. The van der Waals surface area contributed by atoms with Crippen LogP contribution in [-0.2, 0) is 16.0 Å². The minimum absolute atomic E-state index is 0.411. The number of nitrogens with zero attached hydrogens (tertiary/aromatic N) is 3. The van der Waals surface area contributed by atoms with Crippen molar-refractivity contribution in [2.75, 3.05) is 73.3 Å². The van der Waals surface area contributed by atoms with E-state index in [-0.39, 0.29) is 0 Å². The average molecular weight is 622 g/mol. The summed E-state index contributed by atoms with van der Waals surface area (Å²) in [4.78, 5) is 27.6. The lowest BCUT2D eigenvalue weighted by Gasteiger charge is -2.27. The van der Waals surface area contributed by atoms with Crippen molar-refractivity contribution in [2.24, 2.45) is 5.92 Å². The molecule has 9 heteroatoms. The number of unbranched alkanes of at least 4 members (excludes halogenated alkanes) is 2. The van der Waals surface area contributed by atoms with Gasteiger partial charge in [0.05, 0.1) is 19.3 Å². The van der Waals surface area contributed by atoms with E-state index in [2.05, 4.69) is 67.9 Å². The molecule has 4 atom stereocenters.